The molecule has 1 aliphatic heterocycles. The van der Waals surface area contributed by atoms with Gasteiger partial charge in [0.1, 0.15) is 6.07 Å². The lowest BCUT2D eigenvalue weighted by Crippen LogP contribution is -2.35. The first-order valence-corrected chi connectivity index (χ1v) is 7.63. The second-order valence-electron chi connectivity index (χ2n) is 4.98. The van der Waals surface area contributed by atoms with Crippen molar-refractivity contribution in [2.75, 3.05) is 11.4 Å². The first-order valence-electron chi connectivity index (χ1n) is 6.83. The fourth-order valence-electron chi connectivity index (χ4n) is 2.77. The molecule has 1 aliphatic rings. The van der Waals surface area contributed by atoms with Crippen molar-refractivity contribution in [2.24, 2.45) is 0 Å². The average Bonchev–Trinajstić information content (AvgIpc) is 2.67. The van der Waals surface area contributed by atoms with Crippen LogP contribution < -0.4 is 4.90 Å². The van der Waals surface area contributed by atoms with Crippen molar-refractivity contribution in [3.8, 4) is 6.07 Å². The molecule has 4 heteroatoms. The number of benzene rings is 1. The summed E-state index contributed by atoms with van der Waals surface area (Å²) in [6.45, 7) is 3.05. The predicted molar refractivity (Wildman–Crippen MR) is 78.7 cm³/mol. The van der Waals surface area contributed by atoms with Crippen molar-refractivity contribution in [3.05, 3.63) is 28.0 Å². The van der Waals surface area contributed by atoms with Crippen molar-refractivity contribution in [1.82, 2.24) is 0 Å². The number of nitrogens with zero attached hydrogens (tertiary/aromatic N) is 2. The third-order valence-corrected chi connectivity index (χ3v) is 4.62. The van der Waals surface area contributed by atoms with Crippen LogP contribution in [0.25, 0.3) is 0 Å². The lowest BCUT2D eigenvalue weighted by Gasteiger charge is -2.32. The summed E-state index contributed by atoms with van der Waals surface area (Å²) in [5.41, 5.74) is 0.976. The number of nitriles is 1. The third kappa shape index (κ3) is 2.92. The molecule has 1 heterocycles. The van der Waals surface area contributed by atoms with Gasteiger partial charge in [0, 0.05) is 12.6 Å². The van der Waals surface area contributed by atoms with Crippen molar-refractivity contribution in [1.29, 1.82) is 5.26 Å². The number of halogens is 2. The van der Waals surface area contributed by atoms with Crippen molar-refractivity contribution >= 4 is 21.6 Å². The average molecular weight is 325 g/mol. The van der Waals surface area contributed by atoms with Crippen LogP contribution in [0.3, 0.4) is 0 Å². The van der Waals surface area contributed by atoms with E-state index < -0.39 is 0 Å². The maximum absolute atomic E-state index is 14.4. The largest absolute Gasteiger partial charge is 0.366 e. The van der Waals surface area contributed by atoms with Gasteiger partial charge in [-0.25, -0.2) is 4.39 Å². The molecule has 0 bridgehead atoms. The Morgan fingerprint density at radius 1 is 1.42 bits per heavy atom. The zero-order chi connectivity index (χ0) is 13.8. The van der Waals surface area contributed by atoms with E-state index in [0.717, 1.165) is 25.8 Å². The van der Waals surface area contributed by atoms with E-state index in [1.54, 1.807) is 12.1 Å². The second-order valence-corrected chi connectivity index (χ2v) is 5.77. The fourth-order valence-corrected chi connectivity index (χ4v) is 3.19. The summed E-state index contributed by atoms with van der Waals surface area (Å²) < 4.78 is 14.7. The quantitative estimate of drug-likeness (QED) is 0.793. The van der Waals surface area contributed by atoms with Crippen LogP contribution >= 0.6 is 15.9 Å². The van der Waals surface area contributed by atoms with Crippen LogP contribution in [0.5, 0.6) is 0 Å². The topological polar surface area (TPSA) is 27.0 Å². The number of anilines is 1. The summed E-state index contributed by atoms with van der Waals surface area (Å²) in [4.78, 5) is 2.17. The molecule has 0 aromatic heterocycles. The monoisotopic (exact) mass is 324 g/mol. The Bertz CT molecular complexity index is 496. The van der Waals surface area contributed by atoms with Crippen molar-refractivity contribution in [2.45, 2.75) is 45.1 Å². The molecule has 0 saturated carbocycles. The molecule has 0 N–H and O–H groups in total. The molecule has 1 saturated heterocycles. The van der Waals surface area contributed by atoms with E-state index in [9.17, 15) is 4.39 Å². The molecule has 0 radical (unpaired) electrons. The Kier molecular flexibility index (Phi) is 4.81. The van der Waals surface area contributed by atoms with E-state index in [1.807, 2.05) is 6.07 Å². The van der Waals surface area contributed by atoms with Gasteiger partial charge in [0.05, 0.1) is 15.7 Å². The summed E-state index contributed by atoms with van der Waals surface area (Å²) in [6, 6.07) is 5.84. The van der Waals surface area contributed by atoms with E-state index in [1.165, 1.54) is 12.8 Å². The predicted octanol–water partition coefficient (Wildman–Crippen LogP) is 4.62. The number of hydrogen-bond acceptors (Lipinski definition) is 2. The highest BCUT2D eigenvalue weighted by molar-refractivity contribution is 9.10. The first-order chi connectivity index (χ1) is 9.19. The summed E-state index contributed by atoms with van der Waals surface area (Å²) in [7, 11) is 0. The summed E-state index contributed by atoms with van der Waals surface area (Å²) in [6.07, 6.45) is 5.68. The van der Waals surface area contributed by atoms with E-state index >= 15 is 0 Å². The van der Waals surface area contributed by atoms with Gasteiger partial charge in [0.15, 0.2) is 5.82 Å². The minimum Gasteiger partial charge on any atom is -0.366 e. The van der Waals surface area contributed by atoms with E-state index in [2.05, 4.69) is 27.8 Å². The maximum Gasteiger partial charge on any atom is 0.161 e. The van der Waals surface area contributed by atoms with Gasteiger partial charge in [-0.05, 0) is 47.3 Å². The van der Waals surface area contributed by atoms with Crippen LogP contribution in [0.2, 0.25) is 0 Å². The van der Waals surface area contributed by atoms with E-state index in [-0.39, 0.29) is 10.3 Å². The van der Waals surface area contributed by atoms with Crippen LogP contribution in [0.1, 0.15) is 44.6 Å². The van der Waals surface area contributed by atoms with Gasteiger partial charge in [0.25, 0.3) is 0 Å². The Morgan fingerprint density at radius 3 is 2.89 bits per heavy atom. The van der Waals surface area contributed by atoms with Crippen molar-refractivity contribution in [3.63, 3.8) is 0 Å². The van der Waals surface area contributed by atoms with Gasteiger partial charge in [-0.3, -0.25) is 0 Å². The van der Waals surface area contributed by atoms with Gasteiger partial charge in [-0.1, -0.05) is 19.8 Å². The molecular weight excluding hydrogens is 307 g/mol. The van der Waals surface area contributed by atoms with Crippen LogP contribution in [0.4, 0.5) is 10.1 Å². The molecule has 102 valence electrons. The fraction of sp³-hybridized carbons (Fsp3) is 0.533. The van der Waals surface area contributed by atoms with Crippen molar-refractivity contribution < 1.29 is 4.39 Å². The molecule has 1 atom stereocenters. The lowest BCUT2D eigenvalue weighted by molar-refractivity contribution is 0.538. The molecule has 0 aliphatic carbocycles. The summed E-state index contributed by atoms with van der Waals surface area (Å²) >= 11 is 3.20. The van der Waals surface area contributed by atoms with Gasteiger partial charge in [0.2, 0.25) is 0 Å². The van der Waals surface area contributed by atoms with E-state index in [4.69, 9.17) is 5.26 Å². The molecule has 19 heavy (non-hydrogen) atoms. The highest BCUT2D eigenvalue weighted by Gasteiger charge is 2.23. The van der Waals surface area contributed by atoms with Crippen LogP contribution in [-0.4, -0.2) is 12.6 Å². The molecule has 1 aromatic rings. The summed E-state index contributed by atoms with van der Waals surface area (Å²) in [5, 5.41) is 8.93. The summed E-state index contributed by atoms with van der Waals surface area (Å²) in [5.74, 6) is -0.306. The standard InChI is InChI=1S/C15H18BrFN2/c1-2-12-6-4-3-5-9-19(12)13-8-7-11(10-18)14(16)15(13)17/h7-8,12H,2-6,9H2,1H3. The zero-order valence-electron chi connectivity index (χ0n) is 11.1. The zero-order valence-corrected chi connectivity index (χ0v) is 12.7. The molecule has 2 nitrogen and oxygen atoms in total. The van der Waals surface area contributed by atoms with Gasteiger partial charge in [-0.15, -0.1) is 0 Å². The normalized spacial score (nSPS) is 19.9. The molecule has 1 fully saturated rings. The van der Waals surface area contributed by atoms with Crippen LogP contribution in [0, 0.1) is 17.1 Å². The molecule has 2 rings (SSSR count). The minimum atomic E-state index is -0.306. The SMILES string of the molecule is CCC1CCCCCN1c1ccc(C#N)c(Br)c1F. The number of hydrogen-bond donors (Lipinski definition) is 0. The first kappa shape index (κ1) is 14.3. The minimum absolute atomic E-state index is 0.284. The van der Waals surface area contributed by atoms with Crippen LogP contribution in [0.15, 0.2) is 16.6 Å². The smallest absolute Gasteiger partial charge is 0.161 e. The van der Waals surface area contributed by atoms with Gasteiger partial charge >= 0.3 is 0 Å². The third-order valence-electron chi connectivity index (χ3n) is 3.84. The molecule has 1 aromatic carbocycles. The Morgan fingerprint density at radius 2 is 2.21 bits per heavy atom. The Hall–Kier alpha value is -1.08. The lowest BCUT2D eigenvalue weighted by atomic mass is 10.1. The molecule has 0 spiro atoms. The Balaban J connectivity index is 2.39. The highest BCUT2D eigenvalue weighted by Crippen LogP contribution is 2.33. The maximum atomic E-state index is 14.4. The van der Waals surface area contributed by atoms with Crippen LogP contribution in [-0.2, 0) is 0 Å². The highest BCUT2D eigenvalue weighted by atomic mass is 79.9. The second kappa shape index (κ2) is 6.38. The number of rotatable bonds is 2. The Labute approximate surface area is 122 Å². The van der Waals surface area contributed by atoms with Gasteiger partial charge in [-0.2, -0.15) is 5.26 Å². The molecule has 1 unspecified atom stereocenters. The van der Waals surface area contributed by atoms with Gasteiger partial charge < -0.3 is 4.90 Å². The molecule has 0 amide bonds. The van der Waals surface area contributed by atoms with E-state index in [0.29, 0.717) is 17.3 Å². The molecular formula is C15H18BrFN2.